The normalized spacial score (nSPS) is 13.7. The first-order chi connectivity index (χ1) is 17.8. The lowest BCUT2D eigenvalue weighted by atomic mass is 9.83. The molecule has 0 saturated heterocycles. The highest BCUT2D eigenvalue weighted by atomic mass is 19.4. The average Bonchev–Trinajstić information content (AvgIpc) is 3.31. The Hall–Kier alpha value is -4.38. The second-order valence-electron chi connectivity index (χ2n) is 8.10. The molecule has 0 unspecified atom stereocenters. The molecular formula is C24H17F6N5O3. The van der Waals surface area contributed by atoms with Gasteiger partial charge in [0.15, 0.2) is 18.0 Å². The molecule has 198 valence electrons. The quantitative estimate of drug-likeness (QED) is 0.362. The van der Waals surface area contributed by atoms with Crippen molar-refractivity contribution < 1.29 is 40.9 Å². The van der Waals surface area contributed by atoms with E-state index >= 15 is 0 Å². The standard InChI is InChI=1S/C24H17F6N5O3/c1-35-12-32-10-19(35)23(36,14-4-6-18(33-9-14)24(28,29)30)13-3-5-17-15(7-13)16(8-31)20(21(34-17)37-2)38-11-22(25,26)27/h3-7,9-10,12,36H,11H2,1-2H3/t23-/m0/s1. The maximum Gasteiger partial charge on any atom is 0.433 e. The van der Waals surface area contributed by atoms with E-state index in [-0.39, 0.29) is 39.2 Å². The number of ether oxygens (including phenoxy) is 2. The Labute approximate surface area is 210 Å². The maximum absolute atomic E-state index is 13.1. The minimum atomic E-state index is -4.72. The lowest BCUT2D eigenvalue weighted by Gasteiger charge is -2.30. The smallest absolute Gasteiger partial charge is 0.433 e. The Balaban J connectivity index is 1.96. The predicted molar refractivity (Wildman–Crippen MR) is 119 cm³/mol. The van der Waals surface area contributed by atoms with Crippen LogP contribution in [-0.2, 0) is 18.8 Å². The molecule has 1 aromatic carbocycles. The third-order valence-corrected chi connectivity index (χ3v) is 5.67. The number of aromatic nitrogens is 4. The van der Waals surface area contributed by atoms with Gasteiger partial charge in [0.2, 0.25) is 0 Å². The fourth-order valence-electron chi connectivity index (χ4n) is 3.93. The molecule has 0 saturated carbocycles. The minimum absolute atomic E-state index is 0.00318. The topological polar surface area (TPSA) is 106 Å². The molecule has 4 rings (SSSR count). The van der Waals surface area contributed by atoms with Crippen molar-refractivity contribution >= 4 is 10.9 Å². The minimum Gasteiger partial charge on any atom is -0.478 e. The van der Waals surface area contributed by atoms with Gasteiger partial charge in [0.1, 0.15) is 17.3 Å². The number of rotatable bonds is 6. The van der Waals surface area contributed by atoms with E-state index in [9.17, 15) is 36.7 Å². The van der Waals surface area contributed by atoms with Gasteiger partial charge in [-0.05, 0) is 23.8 Å². The van der Waals surface area contributed by atoms with Gasteiger partial charge < -0.3 is 19.1 Å². The summed E-state index contributed by atoms with van der Waals surface area (Å²) in [6, 6.07) is 7.59. The predicted octanol–water partition coefficient (Wildman–Crippen LogP) is 4.49. The lowest BCUT2D eigenvalue weighted by Crippen LogP contribution is -2.31. The molecule has 0 spiro atoms. The van der Waals surface area contributed by atoms with Crippen molar-refractivity contribution in [3.63, 3.8) is 0 Å². The molecule has 4 aromatic rings. The van der Waals surface area contributed by atoms with Crippen LogP contribution in [0.25, 0.3) is 10.9 Å². The molecular weight excluding hydrogens is 520 g/mol. The zero-order valence-electron chi connectivity index (χ0n) is 19.6. The number of fused-ring (bicyclic) bond motifs is 1. The number of halogens is 6. The fourth-order valence-corrected chi connectivity index (χ4v) is 3.93. The molecule has 1 atom stereocenters. The zero-order chi connectivity index (χ0) is 27.9. The second kappa shape index (κ2) is 9.49. The zero-order valence-corrected chi connectivity index (χ0v) is 19.6. The van der Waals surface area contributed by atoms with Gasteiger partial charge in [-0.3, -0.25) is 4.98 Å². The average molecular weight is 537 g/mol. The summed E-state index contributed by atoms with van der Waals surface area (Å²) < 4.78 is 89.1. The number of methoxy groups -OCH3 is 1. The number of nitriles is 1. The van der Waals surface area contributed by atoms with Crippen LogP contribution in [0.1, 0.15) is 28.1 Å². The van der Waals surface area contributed by atoms with Crippen LogP contribution in [0.15, 0.2) is 49.1 Å². The van der Waals surface area contributed by atoms with Crippen molar-refractivity contribution in [2.75, 3.05) is 13.7 Å². The third-order valence-electron chi connectivity index (χ3n) is 5.67. The molecule has 0 aliphatic heterocycles. The van der Waals surface area contributed by atoms with Crippen LogP contribution >= 0.6 is 0 Å². The Bertz CT molecular complexity index is 1530. The van der Waals surface area contributed by atoms with Crippen LogP contribution in [-0.4, -0.2) is 44.5 Å². The van der Waals surface area contributed by atoms with Crippen molar-refractivity contribution in [3.05, 3.63) is 77.1 Å². The Kier molecular flexibility index (Phi) is 6.66. The molecule has 14 heteroatoms. The summed E-state index contributed by atoms with van der Waals surface area (Å²) in [5.74, 6) is -0.919. The second-order valence-corrected chi connectivity index (χ2v) is 8.10. The van der Waals surface area contributed by atoms with Crippen molar-refractivity contribution in [3.8, 4) is 17.7 Å². The van der Waals surface area contributed by atoms with Crippen LogP contribution in [0.5, 0.6) is 11.6 Å². The Morgan fingerprint density at radius 2 is 1.76 bits per heavy atom. The highest BCUT2D eigenvalue weighted by molar-refractivity contribution is 5.89. The highest BCUT2D eigenvalue weighted by Crippen LogP contribution is 2.41. The number of imidazole rings is 1. The number of nitrogens with zero attached hydrogens (tertiary/aromatic N) is 5. The lowest BCUT2D eigenvalue weighted by molar-refractivity contribution is -0.153. The summed E-state index contributed by atoms with van der Waals surface area (Å²) in [5.41, 5.74) is -3.44. The number of alkyl halides is 6. The van der Waals surface area contributed by atoms with Gasteiger partial charge in [0.05, 0.1) is 30.8 Å². The van der Waals surface area contributed by atoms with E-state index in [0.717, 1.165) is 19.4 Å². The number of hydrogen-bond acceptors (Lipinski definition) is 7. The summed E-state index contributed by atoms with van der Waals surface area (Å²) in [7, 11) is 2.69. The molecule has 0 aliphatic rings. The third kappa shape index (κ3) is 4.80. The molecule has 0 fully saturated rings. The van der Waals surface area contributed by atoms with Crippen molar-refractivity contribution in [2.24, 2.45) is 7.05 Å². The van der Waals surface area contributed by atoms with Crippen molar-refractivity contribution in [1.29, 1.82) is 5.26 Å². The number of aliphatic hydroxyl groups is 1. The van der Waals surface area contributed by atoms with E-state index in [0.29, 0.717) is 6.07 Å². The van der Waals surface area contributed by atoms with Crippen LogP contribution < -0.4 is 9.47 Å². The number of hydrogen-bond donors (Lipinski definition) is 1. The van der Waals surface area contributed by atoms with Gasteiger partial charge >= 0.3 is 12.4 Å². The molecule has 38 heavy (non-hydrogen) atoms. The highest BCUT2D eigenvalue weighted by Gasteiger charge is 2.39. The first-order valence-corrected chi connectivity index (χ1v) is 10.6. The monoisotopic (exact) mass is 537 g/mol. The van der Waals surface area contributed by atoms with Gasteiger partial charge in [-0.2, -0.15) is 31.6 Å². The van der Waals surface area contributed by atoms with Crippen molar-refractivity contribution in [2.45, 2.75) is 18.0 Å². The molecule has 0 radical (unpaired) electrons. The number of pyridine rings is 2. The van der Waals surface area contributed by atoms with Crippen LogP contribution in [0, 0.1) is 11.3 Å². The van der Waals surface area contributed by atoms with E-state index in [2.05, 4.69) is 15.0 Å². The summed E-state index contributed by atoms with van der Waals surface area (Å²) in [5, 5.41) is 21.8. The van der Waals surface area contributed by atoms with E-state index in [1.165, 1.54) is 35.3 Å². The van der Waals surface area contributed by atoms with E-state index in [1.54, 1.807) is 13.1 Å². The summed E-state index contributed by atoms with van der Waals surface area (Å²) >= 11 is 0. The summed E-state index contributed by atoms with van der Waals surface area (Å²) in [6.45, 7) is -1.72. The van der Waals surface area contributed by atoms with Gasteiger partial charge in [-0.15, -0.1) is 0 Å². The molecule has 1 N–H and O–H groups in total. The fraction of sp³-hybridized carbons (Fsp3) is 0.250. The molecule has 3 heterocycles. The molecule has 8 nitrogen and oxygen atoms in total. The van der Waals surface area contributed by atoms with E-state index < -0.39 is 36.0 Å². The van der Waals surface area contributed by atoms with E-state index in [4.69, 9.17) is 9.47 Å². The Morgan fingerprint density at radius 3 is 2.29 bits per heavy atom. The van der Waals surface area contributed by atoms with Gasteiger partial charge in [0.25, 0.3) is 5.88 Å². The first-order valence-electron chi connectivity index (χ1n) is 10.6. The van der Waals surface area contributed by atoms with Gasteiger partial charge in [-0.25, -0.2) is 9.97 Å². The summed E-state index contributed by atoms with van der Waals surface area (Å²) in [4.78, 5) is 11.5. The largest absolute Gasteiger partial charge is 0.478 e. The molecule has 0 aliphatic carbocycles. The molecule has 0 bridgehead atoms. The van der Waals surface area contributed by atoms with Gasteiger partial charge in [-0.1, -0.05) is 12.1 Å². The van der Waals surface area contributed by atoms with Crippen LogP contribution in [0.4, 0.5) is 26.3 Å². The van der Waals surface area contributed by atoms with E-state index in [1.807, 2.05) is 0 Å². The molecule has 0 amide bonds. The SMILES string of the molecule is COc1nc2ccc([C@](O)(c3ccc(C(F)(F)F)nc3)c3cncn3C)cc2c(C#N)c1OCC(F)(F)F. The summed E-state index contributed by atoms with van der Waals surface area (Å²) in [6.07, 6.45) is -5.93. The number of benzene rings is 1. The first kappa shape index (κ1) is 26.7. The molecule has 3 aromatic heterocycles. The van der Waals surface area contributed by atoms with Crippen LogP contribution in [0.3, 0.4) is 0 Å². The van der Waals surface area contributed by atoms with Crippen LogP contribution in [0.2, 0.25) is 0 Å². The van der Waals surface area contributed by atoms with Crippen molar-refractivity contribution in [1.82, 2.24) is 19.5 Å². The van der Waals surface area contributed by atoms with Gasteiger partial charge in [0, 0.05) is 24.2 Å². The maximum atomic E-state index is 13.1. The Morgan fingerprint density at radius 1 is 1.05 bits per heavy atom. The number of aryl methyl sites for hydroxylation is 1.